The Kier molecular flexibility index (Phi) is 5.42. The summed E-state index contributed by atoms with van der Waals surface area (Å²) in [5.41, 5.74) is 5.44. The third-order valence-corrected chi connectivity index (χ3v) is 7.03. The minimum atomic E-state index is -0.474. The molecule has 1 fully saturated rings. The molecule has 7 nitrogen and oxygen atoms in total. The normalized spacial score (nSPS) is 21.4. The average Bonchev–Trinajstić information content (AvgIpc) is 3.38. The summed E-state index contributed by atoms with van der Waals surface area (Å²) < 4.78 is 12.0. The molecule has 2 amide bonds. The third-order valence-electron chi connectivity index (χ3n) is 7.03. The van der Waals surface area contributed by atoms with Crippen LogP contribution in [0.3, 0.4) is 0 Å². The van der Waals surface area contributed by atoms with Crippen LogP contribution in [0.1, 0.15) is 62.8 Å². The number of ether oxygens (including phenoxy) is 2. The van der Waals surface area contributed by atoms with Crippen LogP contribution in [0, 0.1) is 0 Å². The number of carbonyl (C=O) groups is 2. The van der Waals surface area contributed by atoms with E-state index in [4.69, 9.17) is 14.5 Å². The molecule has 2 aromatic rings. The van der Waals surface area contributed by atoms with Crippen LogP contribution in [0.2, 0.25) is 0 Å². The molecule has 35 heavy (non-hydrogen) atoms. The van der Waals surface area contributed by atoms with Crippen molar-refractivity contribution in [3.05, 3.63) is 52.6 Å². The van der Waals surface area contributed by atoms with E-state index in [2.05, 4.69) is 39.1 Å². The summed E-state index contributed by atoms with van der Waals surface area (Å²) in [4.78, 5) is 31.5. The highest BCUT2D eigenvalue weighted by Gasteiger charge is 2.40. The smallest absolute Gasteiger partial charge is 0.249 e. The molecule has 1 atom stereocenters. The van der Waals surface area contributed by atoms with Gasteiger partial charge in [-0.1, -0.05) is 12.1 Å². The van der Waals surface area contributed by atoms with E-state index in [9.17, 15) is 9.59 Å². The third kappa shape index (κ3) is 4.17. The summed E-state index contributed by atoms with van der Waals surface area (Å²) >= 11 is 0. The zero-order valence-electron chi connectivity index (χ0n) is 21.3. The molecule has 5 rings (SSSR count). The van der Waals surface area contributed by atoms with Crippen LogP contribution in [-0.2, 0) is 22.4 Å². The van der Waals surface area contributed by atoms with Gasteiger partial charge in [0.15, 0.2) is 11.5 Å². The Hall–Kier alpha value is -3.35. The largest absolute Gasteiger partial charge is 0.493 e. The Morgan fingerprint density at radius 3 is 2.66 bits per heavy atom. The molecule has 3 heterocycles. The number of methoxy groups -OCH3 is 1. The molecule has 0 bridgehead atoms. The lowest BCUT2D eigenvalue weighted by Gasteiger charge is -2.31. The number of carbonyl (C=O) groups excluding carboxylic acids is 2. The number of fused-ring (bicyclic) bond motifs is 3. The second-order valence-electron chi connectivity index (χ2n) is 11.0. The SMILES string of the molecule is COc1cc2c(c3c1OC(C)(C)C3)C(c1cccc(N(C)C(=O)C3CCC(=O)N3)c1)=NC(C)(C)C2. The Morgan fingerprint density at radius 1 is 1.20 bits per heavy atom. The van der Waals surface area contributed by atoms with E-state index in [1.807, 2.05) is 24.3 Å². The lowest BCUT2D eigenvalue weighted by molar-refractivity contribution is -0.123. The van der Waals surface area contributed by atoms with Crippen molar-refractivity contribution in [2.75, 3.05) is 19.1 Å². The van der Waals surface area contributed by atoms with Crippen molar-refractivity contribution < 1.29 is 19.1 Å². The summed E-state index contributed by atoms with van der Waals surface area (Å²) in [6.45, 7) is 8.45. The molecule has 0 saturated carbocycles. The predicted octanol–water partition coefficient (Wildman–Crippen LogP) is 3.82. The summed E-state index contributed by atoms with van der Waals surface area (Å²) in [5.74, 6) is 1.37. The van der Waals surface area contributed by atoms with Gasteiger partial charge in [0.25, 0.3) is 0 Å². The number of nitrogens with one attached hydrogen (secondary N) is 1. The fraction of sp³-hybridized carbons (Fsp3) is 0.464. The molecule has 7 heteroatoms. The highest BCUT2D eigenvalue weighted by Crippen LogP contribution is 2.48. The fourth-order valence-electron chi connectivity index (χ4n) is 5.45. The first-order chi connectivity index (χ1) is 16.5. The maximum Gasteiger partial charge on any atom is 0.249 e. The van der Waals surface area contributed by atoms with E-state index >= 15 is 0 Å². The van der Waals surface area contributed by atoms with Gasteiger partial charge in [-0.2, -0.15) is 0 Å². The van der Waals surface area contributed by atoms with Crippen LogP contribution in [0.15, 0.2) is 35.3 Å². The van der Waals surface area contributed by atoms with Gasteiger partial charge in [0, 0.05) is 42.3 Å². The van der Waals surface area contributed by atoms with E-state index in [0.717, 1.165) is 52.4 Å². The van der Waals surface area contributed by atoms with Gasteiger partial charge in [-0.3, -0.25) is 14.6 Å². The minimum Gasteiger partial charge on any atom is -0.493 e. The number of nitrogens with zero attached hydrogens (tertiary/aromatic N) is 2. The number of hydrogen-bond donors (Lipinski definition) is 1. The number of amides is 2. The number of aliphatic imine (C=N–C) groups is 1. The molecule has 3 aliphatic rings. The molecule has 0 aromatic heterocycles. The predicted molar refractivity (Wildman–Crippen MR) is 136 cm³/mol. The fourth-order valence-corrected chi connectivity index (χ4v) is 5.45. The Bertz CT molecular complexity index is 1260. The summed E-state index contributed by atoms with van der Waals surface area (Å²) in [5, 5.41) is 2.77. The number of likely N-dealkylation sites (N-methyl/N-ethyl adjacent to an activating group) is 1. The van der Waals surface area contributed by atoms with Gasteiger partial charge in [-0.05, 0) is 64.3 Å². The summed E-state index contributed by atoms with van der Waals surface area (Å²) in [6, 6.07) is 9.54. The van der Waals surface area contributed by atoms with E-state index in [0.29, 0.717) is 12.8 Å². The van der Waals surface area contributed by atoms with E-state index in [1.165, 1.54) is 5.56 Å². The van der Waals surface area contributed by atoms with Gasteiger partial charge in [-0.25, -0.2) is 0 Å². The first kappa shape index (κ1) is 23.4. The summed E-state index contributed by atoms with van der Waals surface area (Å²) in [6.07, 6.45) is 2.48. The van der Waals surface area contributed by atoms with Crippen molar-refractivity contribution in [2.45, 2.75) is 70.6 Å². The minimum absolute atomic E-state index is 0.0738. The van der Waals surface area contributed by atoms with Crippen molar-refractivity contribution >= 4 is 23.2 Å². The molecule has 184 valence electrons. The van der Waals surface area contributed by atoms with Crippen LogP contribution in [0.4, 0.5) is 5.69 Å². The lowest BCUT2D eigenvalue weighted by Crippen LogP contribution is -2.42. The van der Waals surface area contributed by atoms with Crippen molar-refractivity contribution in [3.8, 4) is 11.5 Å². The zero-order chi connectivity index (χ0) is 25.1. The van der Waals surface area contributed by atoms with Crippen molar-refractivity contribution in [3.63, 3.8) is 0 Å². The molecule has 0 spiro atoms. The number of rotatable bonds is 4. The van der Waals surface area contributed by atoms with Gasteiger partial charge in [0.1, 0.15) is 11.6 Å². The lowest BCUT2D eigenvalue weighted by atomic mass is 9.81. The van der Waals surface area contributed by atoms with Crippen LogP contribution < -0.4 is 19.7 Å². The summed E-state index contributed by atoms with van der Waals surface area (Å²) in [7, 11) is 3.44. The van der Waals surface area contributed by atoms with Crippen molar-refractivity contribution in [2.24, 2.45) is 4.99 Å². The Balaban J connectivity index is 1.59. The first-order valence-electron chi connectivity index (χ1n) is 12.2. The van der Waals surface area contributed by atoms with Gasteiger partial charge in [-0.15, -0.1) is 0 Å². The molecule has 1 N–H and O–H groups in total. The Labute approximate surface area is 206 Å². The molecular formula is C28H33N3O4. The maximum absolute atomic E-state index is 13.0. The van der Waals surface area contributed by atoms with E-state index in [1.54, 1.807) is 19.1 Å². The molecule has 1 unspecified atom stereocenters. The maximum atomic E-state index is 13.0. The van der Waals surface area contributed by atoms with Crippen LogP contribution in [0.5, 0.6) is 11.5 Å². The standard InChI is InChI=1S/C28H33N3O4/c1-27(2)14-17-13-21(34-6)25-19(15-28(3,4)35-25)23(17)24(30-27)16-8-7-9-18(12-16)31(5)26(33)20-10-11-22(32)29-20/h7-9,12-13,20H,10-11,14-15H2,1-6H3,(H,29,32). The zero-order valence-corrected chi connectivity index (χ0v) is 21.3. The van der Waals surface area contributed by atoms with Gasteiger partial charge in [0.05, 0.1) is 18.4 Å². The van der Waals surface area contributed by atoms with Crippen LogP contribution >= 0.6 is 0 Å². The highest BCUT2D eigenvalue weighted by atomic mass is 16.5. The molecule has 2 aromatic carbocycles. The topological polar surface area (TPSA) is 80.2 Å². The van der Waals surface area contributed by atoms with E-state index in [-0.39, 0.29) is 23.0 Å². The van der Waals surface area contributed by atoms with Crippen molar-refractivity contribution in [1.29, 1.82) is 0 Å². The van der Waals surface area contributed by atoms with Crippen molar-refractivity contribution in [1.82, 2.24) is 5.32 Å². The van der Waals surface area contributed by atoms with Crippen LogP contribution in [-0.4, -0.2) is 48.9 Å². The molecule has 3 aliphatic heterocycles. The van der Waals surface area contributed by atoms with E-state index < -0.39 is 6.04 Å². The van der Waals surface area contributed by atoms with Gasteiger partial charge >= 0.3 is 0 Å². The average molecular weight is 476 g/mol. The van der Waals surface area contributed by atoms with Crippen LogP contribution in [0.25, 0.3) is 0 Å². The van der Waals surface area contributed by atoms with Gasteiger partial charge in [0.2, 0.25) is 11.8 Å². The number of hydrogen-bond acceptors (Lipinski definition) is 5. The highest BCUT2D eigenvalue weighted by molar-refractivity contribution is 6.16. The molecule has 0 aliphatic carbocycles. The quantitative estimate of drug-likeness (QED) is 0.729. The molecular weight excluding hydrogens is 442 g/mol. The van der Waals surface area contributed by atoms with Gasteiger partial charge < -0.3 is 19.7 Å². The molecule has 1 saturated heterocycles. The second kappa shape index (κ2) is 8.11. The monoisotopic (exact) mass is 475 g/mol. The number of benzene rings is 2. The molecule has 0 radical (unpaired) electrons. The first-order valence-corrected chi connectivity index (χ1v) is 12.2. The number of anilines is 1. The Morgan fingerprint density at radius 2 is 1.97 bits per heavy atom. The second-order valence-corrected chi connectivity index (χ2v) is 11.0.